The molecule has 0 saturated carbocycles. The summed E-state index contributed by atoms with van der Waals surface area (Å²) in [6.45, 7) is 3.46. The maximum Gasteiger partial charge on any atom is 0.323 e. The molecule has 0 aliphatic heterocycles. The molecule has 1 unspecified atom stereocenters. The van der Waals surface area contributed by atoms with E-state index in [1.165, 1.54) is 0 Å². The van der Waals surface area contributed by atoms with Crippen molar-refractivity contribution >= 4 is 17.7 Å². The van der Waals surface area contributed by atoms with E-state index in [1.807, 2.05) is 18.5 Å². The van der Waals surface area contributed by atoms with Crippen molar-refractivity contribution in [3.63, 3.8) is 0 Å². The Morgan fingerprint density at radius 2 is 2.17 bits per heavy atom. The number of aryl methyl sites for hydroxylation is 1. The third-order valence-electron chi connectivity index (χ3n) is 2.86. The highest BCUT2D eigenvalue weighted by molar-refractivity contribution is 7.99. The normalized spacial score (nSPS) is 14.4. The molecule has 0 bridgehead atoms. The van der Waals surface area contributed by atoms with Gasteiger partial charge in [0.05, 0.1) is 0 Å². The van der Waals surface area contributed by atoms with Gasteiger partial charge in [0.15, 0.2) is 5.16 Å². The fourth-order valence-corrected chi connectivity index (χ4v) is 2.33. The van der Waals surface area contributed by atoms with E-state index in [2.05, 4.69) is 10.2 Å². The van der Waals surface area contributed by atoms with E-state index in [0.717, 1.165) is 29.6 Å². The lowest BCUT2D eigenvalue weighted by Crippen LogP contribution is -2.44. The summed E-state index contributed by atoms with van der Waals surface area (Å²) in [5, 5.41) is 17.8. The predicted molar refractivity (Wildman–Crippen MR) is 70.5 cm³/mol. The van der Waals surface area contributed by atoms with E-state index in [4.69, 9.17) is 10.8 Å². The van der Waals surface area contributed by atoms with Crippen molar-refractivity contribution < 1.29 is 9.90 Å². The first-order valence-corrected chi connectivity index (χ1v) is 6.84. The minimum Gasteiger partial charge on any atom is -0.480 e. The van der Waals surface area contributed by atoms with Gasteiger partial charge in [0.2, 0.25) is 0 Å². The summed E-state index contributed by atoms with van der Waals surface area (Å²) in [6.07, 6.45) is 2.19. The van der Waals surface area contributed by atoms with Gasteiger partial charge in [-0.2, -0.15) is 0 Å². The Kier molecular flexibility index (Phi) is 5.15. The SMILES string of the molecule is Cc1nnc(SCCCCC(C)(N)C(=O)O)n1C. The molecule has 0 spiro atoms. The van der Waals surface area contributed by atoms with Gasteiger partial charge >= 0.3 is 5.97 Å². The quantitative estimate of drug-likeness (QED) is 0.572. The van der Waals surface area contributed by atoms with Gasteiger partial charge < -0.3 is 15.4 Å². The topological polar surface area (TPSA) is 94.0 Å². The summed E-state index contributed by atoms with van der Waals surface area (Å²) in [4.78, 5) is 10.8. The Labute approximate surface area is 111 Å². The number of thioether (sulfide) groups is 1. The number of carbonyl (C=O) groups is 1. The number of carboxylic acid groups (broad SMARTS) is 1. The molecule has 6 nitrogen and oxygen atoms in total. The molecule has 0 saturated heterocycles. The molecule has 7 heteroatoms. The van der Waals surface area contributed by atoms with Crippen molar-refractivity contribution in [2.24, 2.45) is 12.8 Å². The lowest BCUT2D eigenvalue weighted by molar-refractivity contribution is -0.142. The summed E-state index contributed by atoms with van der Waals surface area (Å²) in [6, 6.07) is 0. The van der Waals surface area contributed by atoms with Gasteiger partial charge in [0.25, 0.3) is 0 Å². The summed E-state index contributed by atoms with van der Waals surface area (Å²) in [5.41, 5.74) is 4.53. The molecule has 1 heterocycles. The molecule has 1 aromatic rings. The van der Waals surface area contributed by atoms with Crippen LogP contribution in [-0.2, 0) is 11.8 Å². The molecular weight excluding hydrogens is 252 g/mol. The van der Waals surface area contributed by atoms with Crippen LogP contribution in [0.5, 0.6) is 0 Å². The Hall–Kier alpha value is -1.08. The van der Waals surface area contributed by atoms with E-state index < -0.39 is 11.5 Å². The average Bonchev–Trinajstić information content (AvgIpc) is 2.60. The lowest BCUT2D eigenvalue weighted by atomic mass is 9.97. The largest absolute Gasteiger partial charge is 0.480 e. The van der Waals surface area contributed by atoms with E-state index in [1.54, 1.807) is 18.7 Å². The molecule has 1 aromatic heterocycles. The van der Waals surface area contributed by atoms with Crippen LogP contribution in [0.2, 0.25) is 0 Å². The van der Waals surface area contributed by atoms with Crippen molar-refractivity contribution in [1.29, 1.82) is 0 Å². The van der Waals surface area contributed by atoms with Crippen LogP contribution in [0.15, 0.2) is 5.16 Å². The lowest BCUT2D eigenvalue weighted by Gasteiger charge is -2.18. The van der Waals surface area contributed by atoms with Gasteiger partial charge in [-0.1, -0.05) is 18.2 Å². The molecule has 0 aliphatic carbocycles. The molecule has 1 rings (SSSR count). The molecule has 0 radical (unpaired) electrons. The van der Waals surface area contributed by atoms with Crippen molar-refractivity contribution in [3.8, 4) is 0 Å². The van der Waals surface area contributed by atoms with Gasteiger partial charge in [-0.15, -0.1) is 10.2 Å². The van der Waals surface area contributed by atoms with Crippen molar-refractivity contribution in [1.82, 2.24) is 14.8 Å². The molecule has 1 atom stereocenters. The molecule has 18 heavy (non-hydrogen) atoms. The number of rotatable bonds is 7. The highest BCUT2D eigenvalue weighted by Crippen LogP contribution is 2.19. The monoisotopic (exact) mass is 272 g/mol. The molecule has 0 fully saturated rings. The minimum atomic E-state index is -1.12. The zero-order chi connectivity index (χ0) is 13.8. The molecule has 0 amide bonds. The number of hydrogen-bond acceptors (Lipinski definition) is 5. The average molecular weight is 272 g/mol. The van der Waals surface area contributed by atoms with E-state index in [9.17, 15) is 4.79 Å². The third kappa shape index (κ3) is 3.99. The van der Waals surface area contributed by atoms with Crippen LogP contribution in [0.3, 0.4) is 0 Å². The van der Waals surface area contributed by atoms with Gasteiger partial charge in [0.1, 0.15) is 11.4 Å². The highest BCUT2D eigenvalue weighted by Gasteiger charge is 2.26. The number of nitrogens with zero attached hydrogens (tertiary/aromatic N) is 3. The first-order valence-electron chi connectivity index (χ1n) is 5.85. The maximum atomic E-state index is 10.8. The van der Waals surface area contributed by atoms with Crippen molar-refractivity contribution in [2.45, 2.75) is 43.8 Å². The third-order valence-corrected chi connectivity index (χ3v) is 3.97. The minimum absolute atomic E-state index is 0.487. The Bertz CT molecular complexity index is 417. The first-order chi connectivity index (χ1) is 8.34. The summed E-state index contributed by atoms with van der Waals surface area (Å²) in [7, 11) is 1.93. The smallest absolute Gasteiger partial charge is 0.323 e. The summed E-state index contributed by atoms with van der Waals surface area (Å²) in [5.74, 6) is 0.832. The van der Waals surface area contributed by atoms with Gasteiger partial charge in [-0.05, 0) is 26.7 Å². The Morgan fingerprint density at radius 1 is 1.50 bits per heavy atom. The first kappa shape index (κ1) is 15.0. The second kappa shape index (κ2) is 6.19. The molecule has 0 aromatic carbocycles. The number of aromatic nitrogens is 3. The fraction of sp³-hybridized carbons (Fsp3) is 0.727. The number of carboxylic acids is 1. The van der Waals surface area contributed by atoms with Gasteiger partial charge in [-0.3, -0.25) is 4.79 Å². The second-order valence-corrected chi connectivity index (χ2v) is 5.68. The number of nitrogens with two attached hydrogens (primary N) is 1. The predicted octanol–water partition coefficient (Wildman–Crippen LogP) is 1.19. The highest BCUT2D eigenvalue weighted by atomic mass is 32.2. The number of aliphatic carboxylic acids is 1. The maximum absolute atomic E-state index is 10.8. The van der Waals surface area contributed by atoms with Crippen LogP contribution in [-0.4, -0.2) is 37.1 Å². The summed E-state index contributed by atoms with van der Waals surface area (Å²) < 4.78 is 1.94. The van der Waals surface area contributed by atoms with Crippen molar-refractivity contribution in [3.05, 3.63) is 5.82 Å². The van der Waals surface area contributed by atoms with Crippen molar-refractivity contribution in [2.75, 3.05) is 5.75 Å². The van der Waals surface area contributed by atoms with Crippen LogP contribution in [0.4, 0.5) is 0 Å². The molecule has 0 aliphatic rings. The van der Waals surface area contributed by atoms with Crippen LogP contribution >= 0.6 is 11.8 Å². The number of unbranched alkanes of at least 4 members (excludes halogenated alkanes) is 1. The van der Waals surface area contributed by atoms with E-state index in [-0.39, 0.29) is 0 Å². The number of hydrogen-bond donors (Lipinski definition) is 2. The van der Waals surface area contributed by atoms with E-state index >= 15 is 0 Å². The van der Waals surface area contributed by atoms with Crippen LogP contribution < -0.4 is 5.73 Å². The van der Waals surface area contributed by atoms with Gasteiger partial charge in [0, 0.05) is 12.8 Å². The fourth-order valence-electron chi connectivity index (χ4n) is 1.38. The summed E-state index contributed by atoms with van der Waals surface area (Å²) >= 11 is 1.63. The molecule has 102 valence electrons. The molecule has 3 N–H and O–H groups in total. The van der Waals surface area contributed by atoms with Crippen LogP contribution in [0.1, 0.15) is 32.0 Å². The zero-order valence-electron chi connectivity index (χ0n) is 11.0. The van der Waals surface area contributed by atoms with Gasteiger partial charge in [-0.25, -0.2) is 0 Å². The second-order valence-electron chi connectivity index (χ2n) is 4.62. The van der Waals surface area contributed by atoms with Crippen LogP contribution in [0.25, 0.3) is 0 Å². The van der Waals surface area contributed by atoms with E-state index in [0.29, 0.717) is 6.42 Å². The van der Waals surface area contributed by atoms with Crippen LogP contribution in [0, 0.1) is 6.92 Å². The Balaban J connectivity index is 2.24. The standard InChI is InChI=1S/C11H20N4O2S/c1-8-13-14-10(15(8)3)18-7-5-4-6-11(2,12)9(16)17/h4-7,12H2,1-3H3,(H,16,17). The molecular formula is C11H20N4O2S. The zero-order valence-corrected chi connectivity index (χ0v) is 11.8. The Morgan fingerprint density at radius 3 is 2.67 bits per heavy atom.